The average molecular weight is 179 g/mol. The highest BCUT2D eigenvalue weighted by Crippen LogP contribution is 2.31. The summed E-state index contributed by atoms with van der Waals surface area (Å²) in [6.07, 6.45) is 4.48. The first-order valence-corrected chi connectivity index (χ1v) is 4.60. The van der Waals surface area contributed by atoms with E-state index >= 15 is 0 Å². The zero-order chi connectivity index (χ0) is 9.90. The third-order valence-electron chi connectivity index (χ3n) is 2.62. The van der Waals surface area contributed by atoms with E-state index in [1.165, 1.54) is 0 Å². The lowest BCUT2D eigenvalue weighted by Crippen LogP contribution is -2.30. The molecular weight excluding hydrogens is 162 g/mol. The molecule has 0 amide bonds. The van der Waals surface area contributed by atoms with Crippen molar-refractivity contribution in [3.05, 3.63) is 24.3 Å². The summed E-state index contributed by atoms with van der Waals surface area (Å²) >= 11 is 0. The molecule has 0 radical (unpaired) electrons. The third kappa shape index (κ3) is 2.25. The minimum atomic E-state index is -0.0845. The van der Waals surface area contributed by atoms with E-state index in [9.17, 15) is 0 Å². The zero-order valence-corrected chi connectivity index (χ0v) is 8.49. The van der Waals surface area contributed by atoms with Crippen LogP contribution in [0.2, 0.25) is 0 Å². The normalized spacial score (nSPS) is 14.2. The van der Waals surface area contributed by atoms with Gasteiger partial charge in [-0.15, -0.1) is 0 Å². The predicted molar refractivity (Wildman–Crippen MR) is 53.0 cm³/mol. The molecule has 3 heteroatoms. The molecule has 0 bridgehead atoms. The van der Waals surface area contributed by atoms with Crippen LogP contribution in [0.3, 0.4) is 0 Å². The fourth-order valence-electron chi connectivity index (χ4n) is 1.04. The van der Waals surface area contributed by atoms with Crippen LogP contribution < -0.4 is 5.73 Å². The van der Waals surface area contributed by atoms with Crippen molar-refractivity contribution >= 4 is 0 Å². The van der Waals surface area contributed by atoms with E-state index in [4.69, 9.17) is 5.73 Å². The van der Waals surface area contributed by atoms with E-state index in [1.807, 2.05) is 0 Å². The molecule has 1 heterocycles. The summed E-state index contributed by atoms with van der Waals surface area (Å²) in [5, 5.41) is 0. The number of nitrogens with zero attached hydrogens (tertiary/aromatic N) is 2. The van der Waals surface area contributed by atoms with Gasteiger partial charge in [-0.05, 0) is 17.9 Å². The van der Waals surface area contributed by atoms with Crippen molar-refractivity contribution in [2.45, 2.75) is 33.2 Å². The Morgan fingerprint density at radius 1 is 1.38 bits per heavy atom. The van der Waals surface area contributed by atoms with E-state index in [0.29, 0.717) is 0 Å². The van der Waals surface area contributed by atoms with Crippen LogP contribution in [0.5, 0.6) is 0 Å². The van der Waals surface area contributed by atoms with Gasteiger partial charge in [0.05, 0.1) is 6.04 Å². The van der Waals surface area contributed by atoms with E-state index in [-0.39, 0.29) is 11.5 Å². The fourth-order valence-corrected chi connectivity index (χ4v) is 1.04. The summed E-state index contributed by atoms with van der Waals surface area (Å²) in [4.78, 5) is 8.31. The van der Waals surface area contributed by atoms with Gasteiger partial charge in [0.15, 0.2) is 0 Å². The van der Waals surface area contributed by atoms with Crippen molar-refractivity contribution < 1.29 is 0 Å². The maximum atomic E-state index is 6.06. The molecule has 1 aromatic rings. The lowest BCUT2D eigenvalue weighted by molar-refractivity contribution is 0.269. The Bertz CT molecular complexity index is 256. The molecule has 0 fully saturated rings. The zero-order valence-electron chi connectivity index (χ0n) is 8.49. The predicted octanol–water partition coefficient (Wildman–Crippen LogP) is 1.91. The highest BCUT2D eigenvalue weighted by atomic mass is 14.9. The lowest BCUT2D eigenvalue weighted by atomic mass is 9.82. The summed E-state index contributed by atoms with van der Waals surface area (Å²) in [7, 11) is 0. The van der Waals surface area contributed by atoms with Gasteiger partial charge in [0.1, 0.15) is 5.82 Å². The van der Waals surface area contributed by atoms with Crippen molar-refractivity contribution in [2.24, 2.45) is 11.1 Å². The molecule has 0 aromatic carbocycles. The molecule has 0 saturated heterocycles. The molecule has 1 aromatic heterocycles. The lowest BCUT2D eigenvalue weighted by Gasteiger charge is -2.28. The molecule has 2 N–H and O–H groups in total. The number of hydrogen-bond acceptors (Lipinski definition) is 3. The van der Waals surface area contributed by atoms with Gasteiger partial charge in [0.2, 0.25) is 0 Å². The Morgan fingerprint density at radius 2 is 1.92 bits per heavy atom. The molecule has 3 nitrogen and oxygen atoms in total. The van der Waals surface area contributed by atoms with Crippen LogP contribution in [-0.2, 0) is 0 Å². The third-order valence-corrected chi connectivity index (χ3v) is 2.62. The molecule has 0 aliphatic rings. The first-order chi connectivity index (χ1) is 6.08. The highest BCUT2D eigenvalue weighted by Gasteiger charge is 2.27. The van der Waals surface area contributed by atoms with Crippen LogP contribution in [0.1, 0.15) is 39.1 Å². The monoisotopic (exact) mass is 179 g/mol. The molecule has 0 aliphatic carbocycles. The summed E-state index contributed by atoms with van der Waals surface area (Å²) < 4.78 is 0. The molecule has 0 spiro atoms. The molecule has 13 heavy (non-hydrogen) atoms. The standard InChI is InChI=1S/C10H17N3/c1-4-10(2,3)8(11)9-12-6-5-7-13-9/h5-8H,4,11H2,1-3H3. The van der Waals surface area contributed by atoms with Crippen LogP contribution in [-0.4, -0.2) is 9.97 Å². The minimum Gasteiger partial charge on any atom is -0.321 e. The Kier molecular flexibility index (Phi) is 2.98. The van der Waals surface area contributed by atoms with E-state index in [0.717, 1.165) is 12.2 Å². The molecule has 72 valence electrons. The maximum absolute atomic E-state index is 6.06. The van der Waals surface area contributed by atoms with Gasteiger partial charge in [-0.25, -0.2) is 9.97 Å². The van der Waals surface area contributed by atoms with Gasteiger partial charge in [-0.2, -0.15) is 0 Å². The van der Waals surface area contributed by atoms with Crippen molar-refractivity contribution in [3.63, 3.8) is 0 Å². The smallest absolute Gasteiger partial charge is 0.145 e. The Hall–Kier alpha value is -0.960. The van der Waals surface area contributed by atoms with Crippen molar-refractivity contribution in [2.75, 3.05) is 0 Å². The molecule has 1 atom stereocenters. The Labute approximate surface area is 79.4 Å². The SMILES string of the molecule is CCC(C)(C)C(N)c1ncccn1. The molecule has 1 unspecified atom stereocenters. The Morgan fingerprint density at radius 3 is 2.38 bits per heavy atom. The van der Waals surface area contributed by atoms with Crippen molar-refractivity contribution in [3.8, 4) is 0 Å². The summed E-state index contributed by atoms with van der Waals surface area (Å²) in [5.41, 5.74) is 6.12. The van der Waals surface area contributed by atoms with Gasteiger partial charge in [0.25, 0.3) is 0 Å². The number of hydrogen-bond donors (Lipinski definition) is 1. The summed E-state index contributed by atoms with van der Waals surface area (Å²) in [6, 6.07) is 1.72. The van der Waals surface area contributed by atoms with Gasteiger partial charge >= 0.3 is 0 Å². The minimum absolute atomic E-state index is 0.0569. The fraction of sp³-hybridized carbons (Fsp3) is 0.600. The molecule has 0 saturated carbocycles. The first kappa shape index (κ1) is 10.1. The molecule has 0 aliphatic heterocycles. The second-order valence-electron chi connectivity index (χ2n) is 3.93. The number of rotatable bonds is 3. The van der Waals surface area contributed by atoms with Crippen LogP contribution in [0.25, 0.3) is 0 Å². The van der Waals surface area contributed by atoms with Crippen LogP contribution in [0, 0.1) is 5.41 Å². The first-order valence-electron chi connectivity index (χ1n) is 4.60. The largest absolute Gasteiger partial charge is 0.321 e. The second kappa shape index (κ2) is 3.83. The van der Waals surface area contributed by atoms with Crippen LogP contribution >= 0.6 is 0 Å². The summed E-state index contributed by atoms with van der Waals surface area (Å²) in [6.45, 7) is 6.39. The Balaban J connectivity index is 2.85. The van der Waals surface area contributed by atoms with Crippen molar-refractivity contribution in [1.29, 1.82) is 0 Å². The van der Waals surface area contributed by atoms with Gasteiger partial charge in [0, 0.05) is 12.4 Å². The maximum Gasteiger partial charge on any atom is 0.145 e. The van der Waals surface area contributed by atoms with E-state index < -0.39 is 0 Å². The quantitative estimate of drug-likeness (QED) is 0.771. The van der Waals surface area contributed by atoms with E-state index in [1.54, 1.807) is 18.5 Å². The van der Waals surface area contributed by atoms with Gasteiger partial charge < -0.3 is 5.73 Å². The average Bonchev–Trinajstić information content (AvgIpc) is 2.18. The van der Waals surface area contributed by atoms with Gasteiger partial charge in [-0.3, -0.25) is 0 Å². The number of nitrogens with two attached hydrogens (primary N) is 1. The van der Waals surface area contributed by atoms with Crippen LogP contribution in [0.15, 0.2) is 18.5 Å². The highest BCUT2D eigenvalue weighted by molar-refractivity contribution is 4.99. The van der Waals surface area contributed by atoms with E-state index in [2.05, 4.69) is 30.7 Å². The topological polar surface area (TPSA) is 51.8 Å². The summed E-state index contributed by atoms with van der Waals surface area (Å²) in [5.74, 6) is 0.731. The second-order valence-corrected chi connectivity index (χ2v) is 3.93. The van der Waals surface area contributed by atoms with Gasteiger partial charge in [-0.1, -0.05) is 20.8 Å². The van der Waals surface area contributed by atoms with Crippen molar-refractivity contribution in [1.82, 2.24) is 9.97 Å². The van der Waals surface area contributed by atoms with Crippen LogP contribution in [0.4, 0.5) is 0 Å². The number of aromatic nitrogens is 2. The molecule has 1 rings (SSSR count). The molecular formula is C10H17N3.